The molecule has 5 aliphatic rings. The smallest absolute Gasteiger partial charge is 0.311 e. The van der Waals surface area contributed by atoms with E-state index < -0.39 is 5.41 Å². The summed E-state index contributed by atoms with van der Waals surface area (Å²) in [6, 6.07) is 8.73. The van der Waals surface area contributed by atoms with Gasteiger partial charge in [-0.05, 0) is 109 Å². The minimum absolute atomic E-state index is 0.0106. The molecule has 0 spiro atoms. The van der Waals surface area contributed by atoms with Crippen LogP contribution in [0.4, 0.5) is 0 Å². The number of carbonyl (C=O) groups is 2. The van der Waals surface area contributed by atoms with Crippen molar-refractivity contribution >= 4 is 22.7 Å². The Balaban J connectivity index is 1.37. The Labute approximate surface area is 246 Å². The molecule has 4 heteroatoms. The predicted molar refractivity (Wildman–Crippen MR) is 163 cm³/mol. The highest BCUT2D eigenvalue weighted by Crippen LogP contribution is 2.75. The number of carbonyl (C=O) groups excluding carboxylic acids is 2. The molecule has 41 heavy (non-hydrogen) atoms. The summed E-state index contributed by atoms with van der Waals surface area (Å²) in [4.78, 5) is 31.6. The number of para-hydroxylation sites is 1. The number of aromatic amines is 1. The third-order valence-corrected chi connectivity index (χ3v) is 14.4. The lowest BCUT2D eigenvalue weighted by atomic mass is 9.33. The molecule has 1 aromatic carbocycles. The monoisotopic (exact) mass is 555 g/mol. The molecule has 4 nitrogen and oxygen atoms in total. The number of allylic oxidation sites excluding steroid dienone is 2. The molecule has 0 bridgehead atoms. The van der Waals surface area contributed by atoms with Crippen molar-refractivity contribution in [2.24, 2.45) is 44.8 Å². The largest absolute Gasteiger partial charge is 0.469 e. The van der Waals surface area contributed by atoms with Gasteiger partial charge in [-0.1, -0.05) is 65.3 Å². The molecule has 0 unspecified atom stereocenters. The third-order valence-electron chi connectivity index (χ3n) is 14.4. The molecule has 0 amide bonds. The van der Waals surface area contributed by atoms with Gasteiger partial charge in [-0.25, -0.2) is 0 Å². The molecule has 0 saturated heterocycles. The zero-order valence-corrected chi connectivity index (χ0v) is 26.5. The number of H-pyrrole nitrogens is 1. The van der Waals surface area contributed by atoms with E-state index in [0.717, 1.165) is 51.4 Å². The third kappa shape index (κ3) is 3.23. The fraction of sp³-hybridized carbons (Fsp3) is 0.676. The second-order valence-corrected chi connectivity index (χ2v) is 16.7. The molecule has 1 heterocycles. The van der Waals surface area contributed by atoms with E-state index in [-0.39, 0.29) is 44.9 Å². The molecule has 2 aromatic rings. The summed E-state index contributed by atoms with van der Waals surface area (Å²) >= 11 is 0. The van der Waals surface area contributed by atoms with Crippen LogP contribution in [0.25, 0.3) is 10.9 Å². The number of nitrogens with one attached hydrogen (secondary N) is 1. The normalized spacial score (nSPS) is 44.5. The Morgan fingerprint density at radius 3 is 2.39 bits per heavy atom. The Morgan fingerprint density at radius 2 is 1.66 bits per heavy atom. The maximum absolute atomic E-state index is 14.8. The van der Waals surface area contributed by atoms with Crippen molar-refractivity contribution in [2.45, 2.75) is 105 Å². The number of methoxy groups -OCH3 is 1. The van der Waals surface area contributed by atoms with Crippen LogP contribution in [-0.2, 0) is 26.2 Å². The van der Waals surface area contributed by atoms with Crippen molar-refractivity contribution < 1.29 is 14.3 Å². The Morgan fingerprint density at radius 1 is 0.951 bits per heavy atom. The van der Waals surface area contributed by atoms with E-state index in [4.69, 9.17) is 4.74 Å². The van der Waals surface area contributed by atoms with Crippen LogP contribution in [0.5, 0.6) is 0 Å². The molecule has 3 saturated carbocycles. The zero-order chi connectivity index (χ0) is 29.4. The summed E-state index contributed by atoms with van der Waals surface area (Å²) < 4.78 is 5.31. The molecule has 1 aromatic heterocycles. The SMILES string of the molecule is COC(=O)[C@@]1(C)CC[C@]2(C)CC[C@]3(C)C(=CC(=O)[C@@H]4[C@@]5(C)Cc6c([nH]c7ccccc67)C(C)(C)[C@@H]5CC[C@]43C)[C@@H]2C1. The number of hydrogen-bond donors (Lipinski definition) is 1. The molecule has 0 radical (unpaired) electrons. The average Bonchev–Trinajstić information content (AvgIpc) is 3.29. The summed E-state index contributed by atoms with van der Waals surface area (Å²) in [5, 5.41) is 1.32. The Kier molecular flexibility index (Phi) is 5.47. The quantitative estimate of drug-likeness (QED) is 0.360. The summed E-state index contributed by atoms with van der Waals surface area (Å²) in [7, 11) is 1.52. The van der Waals surface area contributed by atoms with Crippen LogP contribution in [0.1, 0.15) is 105 Å². The van der Waals surface area contributed by atoms with E-state index in [1.165, 1.54) is 34.8 Å². The number of ether oxygens (including phenoxy) is 1. The highest BCUT2D eigenvalue weighted by molar-refractivity contribution is 5.96. The van der Waals surface area contributed by atoms with Crippen LogP contribution in [0, 0.1) is 44.8 Å². The lowest BCUT2D eigenvalue weighted by molar-refractivity contribution is -0.174. The van der Waals surface area contributed by atoms with Crippen molar-refractivity contribution in [3.63, 3.8) is 0 Å². The first-order chi connectivity index (χ1) is 19.1. The van der Waals surface area contributed by atoms with E-state index in [0.29, 0.717) is 11.7 Å². The van der Waals surface area contributed by atoms with E-state index in [1.807, 2.05) is 0 Å². The second kappa shape index (κ2) is 8.17. The number of esters is 1. The van der Waals surface area contributed by atoms with Crippen LogP contribution in [0.3, 0.4) is 0 Å². The second-order valence-electron chi connectivity index (χ2n) is 16.7. The van der Waals surface area contributed by atoms with Gasteiger partial charge >= 0.3 is 5.97 Å². The van der Waals surface area contributed by atoms with Gasteiger partial charge in [0, 0.05) is 27.9 Å². The van der Waals surface area contributed by atoms with Gasteiger partial charge in [-0.15, -0.1) is 0 Å². The molecule has 8 atom stereocenters. The first kappa shape index (κ1) is 27.5. The van der Waals surface area contributed by atoms with Gasteiger partial charge in [-0.3, -0.25) is 9.59 Å². The van der Waals surface area contributed by atoms with Gasteiger partial charge in [0.15, 0.2) is 5.78 Å². The summed E-state index contributed by atoms with van der Waals surface area (Å²) in [5.74, 6) is 0.923. The lowest BCUT2D eigenvalue weighted by Crippen LogP contribution is -2.66. The molecular formula is C37H49NO3. The minimum Gasteiger partial charge on any atom is -0.469 e. The molecule has 0 aliphatic heterocycles. The fourth-order valence-corrected chi connectivity index (χ4v) is 11.9. The summed E-state index contributed by atoms with van der Waals surface area (Å²) in [6.45, 7) is 16.8. The summed E-state index contributed by atoms with van der Waals surface area (Å²) in [6.07, 6.45) is 10.3. The van der Waals surface area contributed by atoms with Gasteiger partial charge in [0.05, 0.1) is 12.5 Å². The number of hydrogen-bond acceptors (Lipinski definition) is 3. The number of rotatable bonds is 1. The minimum atomic E-state index is -0.485. The topological polar surface area (TPSA) is 59.2 Å². The standard InChI is InChI=1S/C37H49NO3/c1-32(2)28-13-14-37(7)29(35(28,5)20-23-22-11-9-10-12-26(22)38-30(23)32)27(39)19-24-25-21-34(4,31(40)41-8)16-15-33(25,3)17-18-36(24,37)6/h9-12,19,25,28-29,38H,13-18,20-21H2,1-8H3/t25-,28-,29+,33+,34-,35-,36+,37+/m0/s1. The van der Waals surface area contributed by atoms with Gasteiger partial charge < -0.3 is 9.72 Å². The van der Waals surface area contributed by atoms with Crippen LogP contribution in [0.2, 0.25) is 0 Å². The van der Waals surface area contributed by atoms with Gasteiger partial charge in [0.2, 0.25) is 0 Å². The van der Waals surface area contributed by atoms with Crippen molar-refractivity contribution in [3.05, 3.63) is 47.2 Å². The molecular weight excluding hydrogens is 506 g/mol. The van der Waals surface area contributed by atoms with E-state index >= 15 is 0 Å². The van der Waals surface area contributed by atoms with Crippen molar-refractivity contribution in [2.75, 3.05) is 7.11 Å². The zero-order valence-electron chi connectivity index (χ0n) is 26.5. The Hall–Kier alpha value is -2.36. The van der Waals surface area contributed by atoms with Gasteiger partial charge in [-0.2, -0.15) is 0 Å². The van der Waals surface area contributed by atoms with E-state index in [2.05, 4.69) is 83.8 Å². The van der Waals surface area contributed by atoms with Crippen molar-refractivity contribution in [1.82, 2.24) is 4.98 Å². The highest BCUT2D eigenvalue weighted by atomic mass is 16.5. The average molecular weight is 556 g/mol. The maximum atomic E-state index is 14.8. The Bertz CT molecular complexity index is 1510. The van der Waals surface area contributed by atoms with Crippen LogP contribution >= 0.6 is 0 Å². The summed E-state index contributed by atoms with van der Waals surface area (Å²) in [5.41, 5.74) is 4.72. The lowest BCUT2D eigenvalue weighted by Gasteiger charge is -2.70. The van der Waals surface area contributed by atoms with E-state index in [9.17, 15) is 9.59 Å². The maximum Gasteiger partial charge on any atom is 0.311 e. The molecule has 1 N–H and O–H groups in total. The van der Waals surface area contributed by atoms with Crippen LogP contribution in [-0.4, -0.2) is 23.8 Å². The van der Waals surface area contributed by atoms with Gasteiger partial charge in [0.25, 0.3) is 0 Å². The molecule has 7 rings (SSSR count). The number of ketones is 1. The first-order valence-corrected chi connectivity index (χ1v) is 16.1. The molecule has 220 valence electrons. The van der Waals surface area contributed by atoms with Crippen LogP contribution < -0.4 is 0 Å². The van der Waals surface area contributed by atoms with Crippen molar-refractivity contribution in [3.8, 4) is 0 Å². The molecule has 3 fully saturated rings. The number of aromatic nitrogens is 1. The van der Waals surface area contributed by atoms with E-state index in [1.54, 1.807) is 0 Å². The predicted octanol–water partition coefficient (Wildman–Crippen LogP) is 8.34. The van der Waals surface area contributed by atoms with Crippen molar-refractivity contribution in [1.29, 1.82) is 0 Å². The number of fused-ring (bicyclic) bond motifs is 10. The van der Waals surface area contributed by atoms with Crippen LogP contribution in [0.15, 0.2) is 35.9 Å². The fourth-order valence-electron chi connectivity index (χ4n) is 11.9. The molecule has 5 aliphatic carbocycles. The number of benzene rings is 1. The van der Waals surface area contributed by atoms with Gasteiger partial charge in [0.1, 0.15) is 0 Å². The first-order valence-electron chi connectivity index (χ1n) is 16.1. The highest BCUT2D eigenvalue weighted by Gasteiger charge is 2.70.